The Morgan fingerprint density at radius 1 is 0.500 bits per heavy atom. The summed E-state index contributed by atoms with van der Waals surface area (Å²) in [5, 5.41) is 23.4. The van der Waals surface area contributed by atoms with Crippen LogP contribution in [0, 0.1) is 0 Å². The van der Waals surface area contributed by atoms with Gasteiger partial charge in [-0.15, -0.1) is 0 Å². The Morgan fingerprint density at radius 3 is 1.22 bits per heavy atom. The lowest BCUT2D eigenvalue weighted by Crippen LogP contribution is -2.50. The van der Waals surface area contributed by atoms with Gasteiger partial charge in [0.25, 0.3) is 10.1 Å². The number of hydrogen-bond acceptors (Lipinski definition) is 5. The molecule has 8 heteroatoms. The van der Waals surface area contributed by atoms with E-state index in [0.717, 1.165) is 44.9 Å². The van der Waals surface area contributed by atoms with Crippen molar-refractivity contribution in [2.24, 2.45) is 0 Å². The minimum absolute atomic E-state index is 0.274. The highest BCUT2D eigenvalue weighted by atomic mass is 32.2. The smallest absolute Gasteiger partial charge is 0.267 e. The van der Waals surface area contributed by atoms with Crippen LogP contribution in [0.4, 0.5) is 0 Å². The summed E-state index contributed by atoms with van der Waals surface area (Å²) in [7, 11) is -4.46. The second-order valence-electron chi connectivity index (χ2n) is 15.8. The molecule has 0 aromatic rings. The Kier molecular flexibility index (Phi) is 38.7. The van der Waals surface area contributed by atoms with Gasteiger partial charge in [-0.05, 0) is 44.9 Å². The van der Waals surface area contributed by atoms with Gasteiger partial charge in [0.15, 0.2) is 0 Å². The van der Waals surface area contributed by atoms with E-state index >= 15 is 0 Å². The number of carbonyl (C=O) groups is 1. The fourth-order valence-electron chi connectivity index (χ4n) is 6.90. The monoisotopic (exact) mass is 782 g/mol. The van der Waals surface area contributed by atoms with Crippen molar-refractivity contribution in [2.75, 3.05) is 5.75 Å². The van der Waals surface area contributed by atoms with Gasteiger partial charge >= 0.3 is 0 Å². The van der Waals surface area contributed by atoms with Crippen molar-refractivity contribution >= 4 is 16.0 Å². The fraction of sp³-hybridized carbons (Fsp3) is 0.848. The quantitative estimate of drug-likeness (QED) is 0.0278. The zero-order valence-corrected chi connectivity index (χ0v) is 36.0. The molecule has 0 aliphatic rings. The van der Waals surface area contributed by atoms with E-state index < -0.39 is 40.0 Å². The molecule has 0 bridgehead atoms. The molecule has 0 aromatic heterocycles. The van der Waals surface area contributed by atoms with Crippen LogP contribution in [0.3, 0.4) is 0 Å². The summed E-state index contributed by atoms with van der Waals surface area (Å²) in [4.78, 5) is 12.6. The lowest BCUT2D eigenvalue weighted by molar-refractivity contribution is -0.130. The van der Waals surface area contributed by atoms with Crippen LogP contribution in [-0.2, 0) is 14.9 Å². The van der Waals surface area contributed by atoms with Gasteiger partial charge in [0.05, 0.1) is 17.9 Å². The second-order valence-corrected chi connectivity index (χ2v) is 17.3. The summed E-state index contributed by atoms with van der Waals surface area (Å²) in [5.74, 6) is -1.56. The summed E-state index contributed by atoms with van der Waals surface area (Å²) in [5.41, 5.74) is 0. The summed E-state index contributed by atoms with van der Waals surface area (Å²) < 4.78 is 32.6. The first kappa shape index (κ1) is 52.5. The third kappa shape index (κ3) is 38.8. The van der Waals surface area contributed by atoms with E-state index in [2.05, 4.69) is 43.5 Å². The molecule has 1 amide bonds. The predicted octanol–water partition coefficient (Wildman–Crippen LogP) is 12.7. The first-order valence-electron chi connectivity index (χ1n) is 22.8. The van der Waals surface area contributed by atoms with Crippen molar-refractivity contribution in [3.63, 3.8) is 0 Å². The van der Waals surface area contributed by atoms with Crippen molar-refractivity contribution in [1.82, 2.24) is 5.32 Å². The molecule has 3 atom stereocenters. The van der Waals surface area contributed by atoms with E-state index in [1.165, 1.54) is 154 Å². The molecule has 0 aliphatic carbocycles. The molecule has 0 aliphatic heterocycles. The number of rotatable bonds is 41. The molecule has 0 spiro atoms. The molecule has 0 saturated carbocycles. The van der Waals surface area contributed by atoms with Crippen LogP contribution >= 0.6 is 0 Å². The van der Waals surface area contributed by atoms with E-state index in [-0.39, 0.29) is 6.42 Å². The number of hydrogen-bond donors (Lipinski definition) is 4. The Labute approximate surface area is 334 Å². The molecule has 0 radical (unpaired) electrons. The molecule has 4 N–H and O–H groups in total. The van der Waals surface area contributed by atoms with Crippen molar-refractivity contribution < 1.29 is 28.0 Å². The maximum absolute atomic E-state index is 12.6. The SMILES string of the molecule is CCCCCCCCC/C=C/CC/C=C/CC/C=C/C(O)C(CS(=O)(=O)O)NC(=O)C(O)CCCCCCCCCCCCCCCCCCCCCC. The molecule has 54 heavy (non-hydrogen) atoms. The summed E-state index contributed by atoms with van der Waals surface area (Å²) in [6, 6.07) is -1.25. The number of nitrogens with one attached hydrogen (secondary N) is 1. The van der Waals surface area contributed by atoms with Gasteiger partial charge in [-0.1, -0.05) is 217 Å². The van der Waals surface area contributed by atoms with Crippen LogP contribution in [0.2, 0.25) is 0 Å². The van der Waals surface area contributed by atoms with Gasteiger partial charge in [0, 0.05) is 0 Å². The van der Waals surface area contributed by atoms with Crippen LogP contribution < -0.4 is 5.32 Å². The topological polar surface area (TPSA) is 124 Å². The lowest BCUT2D eigenvalue weighted by Gasteiger charge is -2.22. The van der Waals surface area contributed by atoms with E-state index in [4.69, 9.17) is 0 Å². The maximum atomic E-state index is 12.6. The van der Waals surface area contributed by atoms with Crippen molar-refractivity contribution in [2.45, 2.75) is 244 Å². The van der Waals surface area contributed by atoms with Crippen LogP contribution in [0.1, 0.15) is 226 Å². The molecule has 7 nitrogen and oxygen atoms in total. The van der Waals surface area contributed by atoms with Crippen molar-refractivity contribution in [1.29, 1.82) is 0 Å². The van der Waals surface area contributed by atoms with Crippen molar-refractivity contribution in [3.8, 4) is 0 Å². The van der Waals surface area contributed by atoms with Gasteiger partial charge < -0.3 is 15.5 Å². The largest absolute Gasteiger partial charge is 0.387 e. The summed E-state index contributed by atoms with van der Waals surface area (Å²) in [6.45, 7) is 4.52. The Bertz CT molecular complexity index is 1010. The predicted molar refractivity (Wildman–Crippen MR) is 231 cm³/mol. The second kappa shape index (κ2) is 39.7. The first-order valence-corrected chi connectivity index (χ1v) is 24.4. The van der Waals surface area contributed by atoms with Gasteiger partial charge in [-0.3, -0.25) is 9.35 Å². The third-order valence-corrected chi connectivity index (χ3v) is 11.2. The summed E-state index contributed by atoms with van der Waals surface area (Å²) in [6.07, 6.45) is 49.2. The van der Waals surface area contributed by atoms with Gasteiger partial charge in [0.1, 0.15) is 6.10 Å². The normalized spacial score (nSPS) is 14.1. The number of allylic oxidation sites excluding steroid dienone is 5. The molecule has 0 aromatic carbocycles. The summed E-state index contributed by atoms with van der Waals surface area (Å²) >= 11 is 0. The average Bonchev–Trinajstić information content (AvgIpc) is 3.14. The minimum atomic E-state index is -4.46. The molecule has 0 rings (SSSR count). The number of aliphatic hydroxyl groups excluding tert-OH is 2. The Hall–Kier alpha value is -1.48. The number of unbranched alkanes of at least 4 members (excludes halogenated alkanes) is 28. The molecule has 0 fully saturated rings. The fourth-order valence-corrected chi connectivity index (χ4v) is 7.64. The highest BCUT2D eigenvalue weighted by Gasteiger charge is 2.27. The van der Waals surface area contributed by atoms with Crippen LogP contribution in [0.5, 0.6) is 0 Å². The Morgan fingerprint density at radius 2 is 0.833 bits per heavy atom. The molecule has 318 valence electrons. The van der Waals surface area contributed by atoms with Gasteiger partial charge in [-0.25, -0.2) is 0 Å². The molecular formula is C46H87NO6S. The van der Waals surface area contributed by atoms with Gasteiger partial charge in [0.2, 0.25) is 5.91 Å². The van der Waals surface area contributed by atoms with Crippen molar-refractivity contribution in [3.05, 3.63) is 36.5 Å². The number of carbonyl (C=O) groups excluding carboxylic acids is 1. The minimum Gasteiger partial charge on any atom is -0.387 e. The third-order valence-electron chi connectivity index (χ3n) is 10.4. The molecular weight excluding hydrogens is 695 g/mol. The first-order chi connectivity index (χ1) is 26.2. The van der Waals surface area contributed by atoms with E-state index in [1.54, 1.807) is 6.08 Å². The van der Waals surface area contributed by atoms with E-state index in [9.17, 15) is 28.0 Å². The highest BCUT2D eigenvalue weighted by Crippen LogP contribution is 2.16. The van der Waals surface area contributed by atoms with E-state index in [1.807, 2.05) is 0 Å². The molecule has 3 unspecified atom stereocenters. The van der Waals surface area contributed by atoms with E-state index in [0.29, 0.717) is 12.8 Å². The zero-order chi connectivity index (χ0) is 39.8. The zero-order valence-electron chi connectivity index (χ0n) is 35.2. The van der Waals surface area contributed by atoms with Crippen LogP contribution in [0.25, 0.3) is 0 Å². The standard InChI is InChI=1S/C46H87NO6S/c1-3-5-7-9-11-13-15-17-19-21-22-23-25-27-29-31-33-35-37-39-41-45(49)46(50)47-43(42-54(51,52)53)44(48)40-38-36-34-32-30-28-26-24-20-18-16-14-12-10-8-6-4-2/h20,24,30,32,38,40,43-45,48-49H,3-19,21-23,25-29,31,33-37,39,41-42H2,1-2H3,(H,47,50)(H,51,52,53)/b24-20+,32-30+,40-38+. The van der Waals surface area contributed by atoms with Crippen LogP contribution in [0.15, 0.2) is 36.5 Å². The molecule has 0 heterocycles. The highest BCUT2D eigenvalue weighted by molar-refractivity contribution is 7.85. The average molecular weight is 782 g/mol. The maximum Gasteiger partial charge on any atom is 0.267 e. The molecule has 0 saturated heterocycles. The van der Waals surface area contributed by atoms with Crippen LogP contribution in [-0.4, -0.2) is 53.1 Å². The number of aliphatic hydroxyl groups is 2. The Balaban J connectivity index is 4.00. The lowest BCUT2D eigenvalue weighted by atomic mass is 10.0. The van der Waals surface area contributed by atoms with Gasteiger partial charge in [-0.2, -0.15) is 8.42 Å². The number of amides is 1.